The summed E-state index contributed by atoms with van der Waals surface area (Å²) >= 11 is 5.81. The third-order valence-electron chi connectivity index (χ3n) is 3.15. The van der Waals surface area contributed by atoms with Crippen molar-refractivity contribution in [3.63, 3.8) is 0 Å². The minimum Gasteiger partial charge on any atom is -0.493 e. The fraction of sp³-hybridized carbons (Fsp3) is 0.235. The normalized spacial score (nSPS) is 11.5. The van der Waals surface area contributed by atoms with E-state index in [1.54, 1.807) is 56.5 Å². The van der Waals surface area contributed by atoms with Gasteiger partial charge in [-0.3, -0.25) is 4.79 Å². The Morgan fingerprint density at radius 1 is 1.04 bits per heavy atom. The van der Waals surface area contributed by atoms with Gasteiger partial charge in [0.05, 0.1) is 14.2 Å². The molecule has 0 unspecified atom stereocenters. The largest absolute Gasteiger partial charge is 0.493 e. The van der Waals surface area contributed by atoms with Crippen molar-refractivity contribution in [1.82, 2.24) is 0 Å². The number of hydrogen-bond acceptors (Lipinski definition) is 4. The van der Waals surface area contributed by atoms with E-state index in [0.29, 0.717) is 28.0 Å². The van der Waals surface area contributed by atoms with E-state index in [1.165, 1.54) is 7.11 Å². The van der Waals surface area contributed by atoms with Crippen molar-refractivity contribution in [3.05, 3.63) is 47.5 Å². The van der Waals surface area contributed by atoms with Gasteiger partial charge in [-0.25, -0.2) is 0 Å². The first kappa shape index (κ1) is 17.0. The fourth-order valence-electron chi connectivity index (χ4n) is 1.93. The number of anilines is 1. The van der Waals surface area contributed by atoms with Crippen LogP contribution in [-0.4, -0.2) is 26.2 Å². The molecule has 1 N–H and O–H groups in total. The zero-order valence-corrected chi connectivity index (χ0v) is 13.9. The fourth-order valence-corrected chi connectivity index (χ4v) is 2.05. The van der Waals surface area contributed by atoms with Gasteiger partial charge >= 0.3 is 0 Å². The molecule has 2 aromatic rings. The van der Waals surface area contributed by atoms with Crippen LogP contribution in [0.2, 0.25) is 5.02 Å². The number of rotatable bonds is 6. The summed E-state index contributed by atoms with van der Waals surface area (Å²) in [5, 5.41) is 3.38. The Kier molecular flexibility index (Phi) is 5.71. The van der Waals surface area contributed by atoms with Gasteiger partial charge in [0.15, 0.2) is 17.6 Å². The van der Waals surface area contributed by atoms with Crippen molar-refractivity contribution in [2.75, 3.05) is 19.5 Å². The maximum atomic E-state index is 12.2. The summed E-state index contributed by atoms with van der Waals surface area (Å²) in [6.45, 7) is 1.67. The van der Waals surface area contributed by atoms with Gasteiger partial charge in [0, 0.05) is 16.8 Å². The maximum Gasteiger partial charge on any atom is 0.265 e. The molecule has 0 spiro atoms. The number of carbonyl (C=O) groups excluding carboxylic acids is 1. The minimum absolute atomic E-state index is 0.271. The first-order valence-electron chi connectivity index (χ1n) is 6.98. The zero-order chi connectivity index (χ0) is 16.8. The van der Waals surface area contributed by atoms with Crippen molar-refractivity contribution in [3.8, 4) is 17.2 Å². The highest BCUT2D eigenvalue weighted by atomic mass is 35.5. The van der Waals surface area contributed by atoms with Crippen molar-refractivity contribution in [2.24, 2.45) is 0 Å². The third kappa shape index (κ3) is 4.53. The van der Waals surface area contributed by atoms with E-state index >= 15 is 0 Å². The molecular formula is C17H18ClNO4. The van der Waals surface area contributed by atoms with E-state index in [0.717, 1.165) is 0 Å². The second-order valence-electron chi connectivity index (χ2n) is 4.77. The Bertz CT molecular complexity index is 673. The van der Waals surface area contributed by atoms with Gasteiger partial charge in [-0.15, -0.1) is 0 Å². The Morgan fingerprint density at radius 3 is 2.30 bits per heavy atom. The lowest BCUT2D eigenvalue weighted by Gasteiger charge is -2.15. The van der Waals surface area contributed by atoms with E-state index in [9.17, 15) is 4.79 Å². The molecule has 0 aromatic heterocycles. The second kappa shape index (κ2) is 7.74. The highest BCUT2D eigenvalue weighted by molar-refractivity contribution is 6.30. The molecule has 0 bridgehead atoms. The summed E-state index contributed by atoms with van der Waals surface area (Å²) in [7, 11) is 3.09. The SMILES string of the molecule is COc1ccc(NC(=O)[C@@H](C)Oc2ccc(Cl)cc2)cc1OC. The number of amides is 1. The lowest BCUT2D eigenvalue weighted by atomic mass is 10.2. The van der Waals surface area contributed by atoms with E-state index in [4.69, 9.17) is 25.8 Å². The third-order valence-corrected chi connectivity index (χ3v) is 3.40. The van der Waals surface area contributed by atoms with E-state index in [2.05, 4.69) is 5.32 Å². The number of carbonyl (C=O) groups is 1. The Balaban J connectivity index is 2.01. The summed E-state index contributed by atoms with van der Waals surface area (Å²) in [6, 6.07) is 12.0. The summed E-state index contributed by atoms with van der Waals surface area (Å²) in [5.74, 6) is 1.43. The smallest absolute Gasteiger partial charge is 0.265 e. The molecule has 6 heteroatoms. The summed E-state index contributed by atoms with van der Waals surface area (Å²) < 4.78 is 15.9. The molecule has 0 saturated carbocycles. The van der Waals surface area contributed by atoms with Gasteiger partial charge in [0.25, 0.3) is 5.91 Å². The molecule has 1 atom stereocenters. The van der Waals surface area contributed by atoms with Crippen LogP contribution in [0.25, 0.3) is 0 Å². The van der Waals surface area contributed by atoms with Gasteiger partial charge in [0.2, 0.25) is 0 Å². The highest BCUT2D eigenvalue weighted by Gasteiger charge is 2.16. The van der Waals surface area contributed by atoms with Crippen molar-refractivity contribution >= 4 is 23.2 Å². The first-order chi connectivity index (χ1) is 11.0. The van der Waals surface area contributed by atoms with Crippen LogP contribution in [0, 0.1) is 0 Å². The van der Waals surface area contributed by atoms with Gasteiger partial charge in [-0.1, -0.05) is 11.6 Å². The van der Waals surface area contributed by atoms with E-state index in [1.807, 2.05) is 0 Å². The zero-order valence-electron chi connectivity index (χ0n) is 13.1. The van der Waals surface area contributed by atoms with Crippen LogP contribution in [0.3, 0.4) is 0 Å². The first-order valence-corrected chi connectivity index (χ1v) is 7.36. The van der Waals surface area contributed by atoms with Crippen LogP contribution >= 0.6 is 11.6 Å². The molecule has 2 rings (SSSR count). The molecule has 1 amide bonds. The van der Waals surface area contributed by atoms with Gasteiger partial charge < -0.3 is 19.5 Å². The van der Waals surface area contributed by atoms with Gasteiger partial charge in [0.1, 0.15) is 5.75 Å². The van der Waals surface area contributed by atoms with Gasteiger partial charge in [-0.2, -0.15) is 0 Å². The van der Waals surface area contributed by atoms with Crippen LogP contribution in [0.1, 0.15) is 6.92 Å². The number of hydrogen-bond donors (Lipinski definition) is 1. The molecule has 2 aromatic carbocycles. The van der Waals surface area contributed by atoms with Crippen molar-refractivity contribution in [2.45, 2.75) is 13.0 Å². The van der Waals surface area contributed by atoms with E-state index in [-0.39, 0.29) is 5.91 Å². The van der Waals surface area contributed by atoms with Crippen molar-refractivity contribution < 1.29 is 19.0 Å². The predicted molar refractivity (Wildman–Crippen MR) is 89.7 cm³/mol. The number of benzene rings is 2. The van der Waals surface area contributed by atoms with Crippen molar-refractivity contribution in [1.29, 1.82) is 0 Å². The molecule has 23 heavy (non-hydrogen) atoms. The standard InChI is InChI=1S/C17H18ClNO4/c1-11(23-14-7-4-12(18)5-8-14)17(20)19-13-6-9-15(21-2)16(10-13)22-3/h4-11H,1-3H3,(H,19,20)/t11-/m1/s1. The lowest BCUT2D eigenvalue weighted by Crippen LogP contribution is -2.30. The Morgan fingerprint density at radius 2 is 1.70 bits per heavy atom. The summed E-state index contributed by atoms with van der Waals surface area (Å²) in [5.41, 5.74) is 0.596. The monoisotopic (exact) mass is 335 g/mol. The average Bonchev–Trinajstić information content (AvgIpc) is 2.56. The van der Waals surface area contributed by atoms with Gasteiger partial charge in [-0.05, 0) is 43.3 Å². The summed E-state index contributed by atoms with van der Waals surface area (Å²) in [6.07, 6.45) is -0.663. The number of ether oxygens (including phenoxy) is 3. The number of nitrogens with one attached hydrogen (secondary N) is 1. The Labute approximate surface area is 140 Å². The van der Waals surface area contributed by atoms with Crippen LogP contribution in [0.5, 0.6) is 17.2 Å². The summed E-state index contributed by atoms with van der Waals surface area (Å²) in [4.78, 5) is 12.2. The van der Waals surface area contributed by atoms with Crippen LogP contribution < -0.4 is 19.5 Å². The quantitative estimate of drug-likeness (QED) is 0.873. The molecule has 0 aliphatic heterocycles. The van der Waals surface area contributed by atoms with E-state index < -0.39 is 6.10 Å². The topological polar surface area (TPSA) is 56.8 Å². The molecule has 0 radical (unpaired) electrons. The predicted octanol–water partition coefficient (Wildman–Crippen LogP) is 3.76. The molecule has 0 fully saturated rings. The molecule has 0 aliphatic rings. The molecule has 122 valence electrons. The molecule has 5 nitrogen and oxygen atoms in total. The van der Waals surface area contributed by atoms with Crippen LogP contribution in [0.15, 0.2) is 42.5 Å². The molecular weight excluding hydrogens is 318 g/mol. The van der Waals surface area contributed by atoms with Crippen LogP contribution in [-0.2, 0) is 4.79 Å². The second-order valence-corrected chi connectivity index (χ2v) is 5.21. The molecule has 0 saturated heterocycles. The maximum absolute atomic E-state index is 12.2. The average molecular weight is 336 g/mol. The number of halogens is 1. The lowest BCUT2D eigenvalue weighted by molar-refractivity contribution is -0.122. The number of methoxy groups -OCH3 is 2. The van der Waals surface area contributed by atoms with Crippen LogP contribution in [0.4, 0.5) is 5.69 Å². The Hall–Kier alpha value is -2.40. The molecule has 0 aliphatic carbocycles. The highest BCUT2D eigenvalue weighted by Crippen LogP contribution is 2.29. The minimum atomic E-state index is -0.663. The molecule has 0 heterocycles.